The molecule has 0 aromatic carbocycles. The van der Waals surface area contributed by atoms with Crippen molar-refractivity contribution in [1.82, 2.24) is 9.80 Å². The molecule has 1 saturated heterocycles. The quantitative estimate of drug-likeness (QED) is 0.859. The Kier molecular flexibility index (Phi) is 5.88. The zero-order chi connectivity index (χ0) is 14.7. The summed E-state index contributed by atoms with van der Waals surface area (Å²) in [6, 6.07) is 1.23. The van der Waals surface area contributed by atoms with Gasteiger partial charge in [0.2, 0.25) is 0 Å². The largest absolute Gasteiger partial charge is 0.327 e. The van der Waals surface area contributed by atoms with E-state index in [4.69, 9.17) is 5.73 Å². The first kappa shape index (κ1) is 16.3. The smallest absolute Gasteiger partial charge is 0.0113 e. The third kappa shape index (κ3) is 4.19. The summed E-state index contributed by atoms with van der Waals surface area (Å²) in [5.41, 5.74) is 6.40. The Hall–Kier alpha value is -0.120. The van der Waals surface area contributed by atoms with E-state index in [9.17, 15) is 0 Å². The van der Waals surface area contributed by atoms with Crippen LogP contribution in [0.25, 0.3) is 0 Å². The SMILES string of the molecule is CC(C)C1CCC(N)C(CN2CCC(N(C)C)CC2)C1. The Balaban J connectivity index is 1.80. The predicted molar refractivity (Wildman–Crippen MR) is 86.8 cm³/mol. The molecule has 2 aliphatic rings. The van der Waals surface area contributed by atoms with Gasteiger partial charge in [-0.1, -0.05) is 13.8 Å². The van der Waals surface area contributed by atoms with E-state index in [1.165, 1.54) is 51.7 Å². The van der Waals surface area contributed by atoms with E-state index in [0.29, 0.717) is 6.04 Å². The second-order valence-electron chi connectivity index (χ2n) is 7.74. The molecule has 1 heterocycles. The first-order valence-corrected chi connectivity index (χ1v) is 8.61. The maximum atomic E-state index is 6.40. The lowest BCUT2D eigenvalue weighted by atomic mass is 9.73. The minimum Gasteiger partial charge on any atom is -0.327 e. The van der Waals surface area contributed by atoms with Gasteiger partial charge in [-0.2, -0.15) is 0 Å². The van der Waals surface area contributed by atoms with E-state index >= 15 is 0 Å². The van der Waals surface area contributed by atoms with Gasteiger partial charge in [-0.15, -0.1) is 0 Å². The Bertz CT molecular complexity index is 282. The molecular weight excluding hydrogens is 246 g/mol. The van der Waals surface area contributed by atoms with Gasteiger partial charge in [-0.3, -0.25) is 0 Å². The summed E-state index contributed by atoms with van der Waals surface area (Å²) in [5, 5.41) is 0. The summed E-state index contributed by atoms with van der Waals surface area (Å²) in [7, 11) is 4.43. The van der Waals surface area contributed by atoms with Gasteiger partial charge in [0, 0.05) is 18.6 Å². The van der Waals surface area contributed by atoms with Crippen molar-refractivity contribution >= 4 is 0 Å². The van der Waals surface area contributed by atoms with Crippen LogP contribution >= 0.6 is 0 Å². The highest BCUT2D eigenvalue weighted by atomic mass is 15.2. The van der Waals surface area contributed by atoms with Crippen LogP contribution in [0.1, 0.15) is 46.0 Å². The number of piperidine rings is 1. The fourth-order valence-corrected chi connectivity index (χ4v) is 4.09. The second kappa shape index (κ2) is 7.24. The average molecular weight is 281 g/mol. The molecular formula is C17H35N3. The zero-order valence-corrected chi connectivity index (χ0v) is 14.0. The molecule has 3 atom stereocenters. The first-order chi connectivity index (χ1) is 9.47. The summed E-state index contributed by atoms with van der Waals surface area (Å²) in [6.07, 6.45) is 6.58. The minimum absolute atomic E-state index is 0.441. The highest BCUT2D eigenvalue weighted by Gasteiger charge is 2.31. The highest BCUT2D eigenvalue weighted by molar-refractivity contribution is 4.87. The summed E-state index contributed by atoms with van der Waals surface area (Å²) in [5.74, 6) is 2.45. The van der Waals surface area contributed by atoms with Crippen LogP contribution in [0.5, 0.6) is 0 Å². The van der Waals surface area contributed by atoms with Crippen molar-refractivity contribution in [2.75, 3.05) is 33.7 Å². The van der Waals surface area contributed by atoms with Crippen LogP contribution in [-0.4, -0.2) is 55.6 Å². The average Bonchev–Trinajstić information content (AvgIpc) is 2.41. The molecule has 0 spiro atoms. The lowest BCUT2D eigenvalue weighted by Crippen LogP contribution is -2.48. The molecule has 1 aliphatic carbocycles. The Morgan fingerprint density at radius 2 is 1.75 bits per heavy atom. The summed E-state index contributed by atoms with van der Waals surface area (Å²) in [4.78, 5) is 5.06. The Morgan fingerprint density at radius 1 is 1.10 bits per heavy atom. The number of likely N-dealkylation sites (tertiary alicyclic amines) is 1. The van der Waals surface area contributed by atoms with Gasteiger partial charge in [-0.05, 0) is 77.0 Å². The van der Waals surface area contributed by atoms with Crippen molar-refractivity contribution in [2.24, 2.45) is 23.5 Å². The molecule has 2 N–H and O–H groups in total. The lowest BCUT2D eigenvalue weighted by molar-refractivity contribution is 0.0974. The fourth-order valence-electron chi connectivity index (χ4n) is 4.09. The number of hydrogen-bond donors (Lipinski definition) is 1. The monoisotopic (exact) mass is 281 g/mol. The minimum atomic E-state index is 0.441. The van der Waals surface area contributed by atoms with Crippen LogP contribution in [0.2, 0.25) is 0 Å². The molecule has 0 aromatic rings. The topological polar surface area (TPSA) is 32.5 Å². The first-order valence-electron chi connectivity index (χ1n) is 8.61. The van der Waals surface area contributed by atoms with E-state index in [2.05, 4.69) is 37.7 Å². The standard InChI is InChI=1S/C17H35N3/c1-13(2)14-5-6-17(18)15(11-14)12-20-9-7-16(8-10-20)19(3)4/h13-17H,5-12,18H2,1-4H3. The molecule has 2 rings (SSSR count). The third-order valence-corrected chi connectivity index (χ3v) is 5.80. The van der Waals surface area contributed by atoms with E-state index in [0.717, 1.165) is 23.8 Å². The number of rotatable bonds is 4. The molecule has 3 unspecified atom stereocenters. The van der Waals surface area contributed by atoms with Crippen molar-refractivity contribution in [3.63, 3.8) is 0 Å². The van der Waals surface area contributed by atoms with Crippen LogP contribution in [0.3, 0.4) is 0 Å². The van der Waals surface area contributed by atoms with Crippen molar-refractivity contribution in [3.8, 4) is 0 Å². The normalized spacial score (nSPS) is 34.0. The molecule has 118 valence electrons. The lowest BCUT2D eigenvalue weighted by Gasteiger charge is -2.41. The fraction of sp³-hybridized carbons (Fsp3) is 1.00. The second-order valence-corrected chi connectivity index (χ2v) is 7.74. The van der Waals surface area contributed by atoms with Crippen LogP contribution in [-0.2, 0) is 0 Å². The van der Waals surface area contributed by atoms with Crippen LogP contribution in [0.15, 0.2) is 0 Å². The molecule has 0 radical (unpaired) electrons. The van der Waals surface area contributed by atoms with Crippen molar-refractivity contribution < 1.29 is 0 Å². The maximum Gasteiger partial charge on any atom is 0.0113 e. The van der Waals surface area contributed by atoms with E-state index in [-0.39, 0.29) is 0 Å². The molecule has 1 aliphatic heterocycles. The zero-order valence-electron chi connectivity index (χ0n) is 14.0. The highest BCUT2D eigenvalue weighted by Crippen LogP contribution is 2.34. The number of nitrogens with zero attached hydrogens (tertiary/aromatic N) is 2. The van der Waals surface area contributed by atoms with Gasteiger partial charge >= 0.3 is 0 Å². The summed E-state index contributed by atoms with van der Waals surface area (Å²) < 4.78 is 0. The van der Waals surface area contributed by atoms with Gasteiger partial charge < -0.3 is 15.5 Å². The Morgan fingerprint density at radius 3 is 2.30 bits per heavy atom. The van der Waals surface area contributed by atoms with Crippen LogP contribution in [0.4, 0.5) is 0 Å². The molecule has 0 amide bonds. The van der Waals surface area contributed by atoms with Gasteiger partial charge in [0.05, 0.1) is 0 Å². The molecule has 3 heteroatoms. The number of hydrogen-bond acceptors (Lipinski definition) is 3. The Labute approximate surface area is 125 Å². The summed E-state index contributed by atoms with van der Waals surface area (Å²) >= 11 is 0. The van der Waals surface area contributed by atoms with E-state index in [1.54, 1.807) is 0 Å². The molecule has 0 bridgehead atoms. The van der Waals surface area contributed by atoms with Crippen molar-refractivity contribution in [3.05, 3.63) is 0 Å². The molecule has 0 aromatic heterocycles. The molecule has 20 heavy (non-hydrogen) atoms. The van der Waals surface area contributed by atoms with Gasteiger partial charge in [0.1, 0.15) is 0 Å². The molecule has 3 nitrogen and oxygen atoms in total. The third-order valence-electron chi connectivity index (χ3n) is 5.80. The number of nitrogens with two attached hydrogens (primary N) is 1. The van der Waals surface area contributed by atoms with E-state index < -0.39 is 0 Å². The van der Waals surface area contributed by atoms with Gasteiger partial charge in [0.25, 0.3) is 0 Å². The predicted octanol–water partition coefficient (Wildman–Crippen LogP) is 2.41. The van der Waals surface area contributed by atoms with Gasteiger partial charge in [-0.25, -0.2) is 0 Å². The van der Waals surface area contributed by atoms with Crippen LogP contribution < -0.4 is 5.73 Å². The summed E-state index contributed by atoms with van der Waals surface area (Å²) in [6.45, 7) is 8.52. The molecule has 2 fully saturated rings. The van der Waals surface area contributed by atoms with Crippen LogP contribution in [0, 0.1) is 17.8 Å². The van der Waals surface area contributed by atoms with E-state index in [1.807, 2.05) is 0 Å². The maximum absolute atomic E-state index is 6.40. The van der Waals surface area contributed by atoms with Gasteiger partial charge in [0.15, 0.2) is 0 Å². The van der Waals surface area contributed by atoms with Crippen molar-refractivity contribution in [2.45, 2.75) is 58.0 Å². The van der Waals surface area contributed by atoms with Crippen molar-refractivity contribution in [1.29, 1.82) is 0 Å². The molecule has 1 saturated carbocycles.